The number of hydrogen-bond acceptors (Lipinski definition) is 5. The van der Waals surface area contributed by atoms with Gasteiger partial charge >= 0.3 is 5.69 Å². The fourth-order valence-electron chi connectivity index (χ4n) is 2.49. The predicted molar refractivity (Wildman–Crippen MR) is 94.5 cm³/mol. The Morgan fingerprint density at radius 3 is 2.42 bits per heavy atom. The lowest BCUT2D eigenvalue weighted by Gasteiger charge is -2.17. The molecule has 7 heteroatoms. The topological polar surface area (TPSA) is 83.1 Å². The van der Waals surface area contributed by atoms with E-state index in [1.54, 1.807) is 0 Å². The number of aromatic nitrogens is 2. The van der Waals surface area contributed by atoms with Crippen LogP contribution in [0.2, 0.25) is 0 Å². The van der Waals surface area contributed by atoms with Gasteiger partial charge in [0.15, 0.2) is 5.56 Å². The zero-order valence-electron chi connectivity index (χ0n) is 14.5. The van der Waals surface area contributed by atoms with Crippen LogP contribution in [-0.4, -0.2) is 23.2 Å². The summed E-state index contributed by atoms with van der Waals surface area (Å²) in [5.74, 6) is 0.238. The molecular formula is C17H21N5O2. The van der Waals surface area contributed by atoms with Crippen molar-refractivity contribution in [1.82, 2.24) is 9.13 Å². The van der Waals surface area contributed by atoms with Gasteiger partial charge in [-0.15, -0.1) is 0 Å². The van der Waals surface area contributed by atoms with Crippen LogP contribution < -0.4 is 21.5 Å². The molecule has 7 nitrogen and oxygen atoms in total. The molecular weight excluding hydrogens is 306 g/mol. The molecule has 0 aliphatic rings. The van der Waals surface area contributed by atoms with Crippen LogP contribution >= 0.6 is 0 Å². The fraction of sp³-hybridized carbons (Fsp3) is 0.353. The molecule has 24 heavy (non-hydrogen) atoms. The Kier molecular flexibility index (Phi) is 4.79. The van der Waals surface area contributed by atoms with E-state index in [1.807, 2.05) is 44.1 Å². The number of aryl methyl sites for hydroxylation is 1. The van der Waals surface area contributed by atoms with E-state index in [0.717, 1.165) is 21.4 Å². The zero-order chi connectivity index (χ0) is 18.0. The van der Waals surface area contributed by atoms with Crippen LogP contribution in [0.4, 0.5) is 11.5 Å². The molecule has 1 heterocycles. The van der Waals surface area contributed by atoms with Crippen LogP contribution in [0.5, 0.6) is 0 Å². The molecule has 2 rings (SSSR count). The van der Waals surface area contributed by atoms with Crippen LogP contribution in [0, 0.1) is 18.3 Å². The lowest BCUT2D eigenvalue weighted by Crippen LogP contribution is -2.39. The summed E-state index contributed by atoms with van der Waals surface area (Å²) in [5, 5.41) is 12.3. The molecule has 0 aliphatic heterocycles. The second kappa shape index (κ2) is 6.62. The number of nitriles is 1. The highest BCUT2D eigenvalue weighted by Gasteiger charge is 2.15. The van der Waals surface area contributed by atoms with Gasteiger partial charge in [-0.1, -0.05) is 6.07 Å². The summed E-state index contributed by atoms with van der Waals surface area (Å²) < 4.78 is 2.21. The minimum absolute atomic E-state index is 0.0674. The minimum Gasteiger partial charge on any atom is -0.378 e. The molecule has 0 saturated carbocycles. The Balaban J connectivity index is 2.39. The summed E-state index contributed by atoms with van der Waals surface area (Å²) in [6.07, 6.45) is 0. The average Bonchev–Trinajstić information content (AvgIpc) is 2.55. The third-order valence-electron chi connectivity index (χ3n) is 4.07. The van der Waals surface area contributed by atoms with Gasteiger partial charge in [-0.2, -0.15) is 5.26 Å². The van der Waals surface area contributed by atoms with Crippen molar-refractivity contribution >= 4 is 11.5 Å². The summed E-state index contributed by atoms with van der Waals surface area (Å²) in [5.41, 5.74) is 2.07. The molecule has 1 N–H and O–H groups in total. The molecule has 0 bridgehead atoms. The van der Waals surface area contributed by atoms with Gasteiger partial charge in [-0.3, -0.25) is 13.9 Å². The average molecular weight is 327 g/mol. The van der Waals surface area contributed by atoms with E-state index in [0.29, 0.717) is 6.54 Å². The zero-order valence-corrected chi connectivity index (χ0v) is 14.5. The second-order valence-corrected chi connectivity index (χ2v) is 5.90. The molecule has 0 atom stereocenters. The first kappa shape index (κ1) is 17.3. The van der Waals surface area contributed by atoms with Gasteiger partial charge in [-0.05, 0) is 30.2 Å². The number of nitrogens with one attached hydrogen (secondary N) is 1. The Morgan fingerprint density at radius 1 is 1.21 bits per heavy atom. The van der Waals surface area contributed by atoms with Gasteiger partial charge in [0, 0.05) is 40.4 Å². The van der Waals surface area contributed by atoms with Crippen molar-refractivity contribution in [1.29, 1.82) is 5.26 Å². The quantitative estimate of drug-likeness (QED) is 0.904. The molecule has 0 amide bonds. The van der Waals surface area contributed by atoms with Crippen LogP contribution in [-0.2, 0) is 20.6 Å². The third kappa shape index (κ3) is 3.04. The largest absolute Gasteiger partial charge is 0.378 e. The van der Waals surface area contributed by atoms with Gasteiger partial charge in [0.05, 0.1) is 0 Å². The van der Waals surface area contributed by atoms with Gasteiger partial charge in [0.25, 0.3) is 5.56 Å². The summed E-state index contributed by atoms with van der Waals surface area (Å²) >= 11 is 0. The van der Waals surface area contributed by atoms with Crippen molar-refractivity contribution in [3.05, 3.63) is 55.7 Å². The first-order valence-corrected chi connectivity index (χ1v) is 7.48. The normalized spacial score (nSPS) is 10.3. The summed E-state index contributed by atoms with van der Waals surface area (Å²) in [6.45, 7) is 2.41. The number of nitrogens with zero attached hydrogens (tertiary/aromatic N) is 4. The first-order valence-electron chi connectivity index (χ1n) is 7.48. The van der Waals surface area contributed by atoms with Gasteiger partial charge in [-0.25, -0.2) is 4.79 Å². The minimum atomic E-state index is -0.595. The van der Waals surface area contributed by atoms with E-state index in [2.05, 4.69) is 11.4 Å². The predicted octanol–water partition coefficient (Wildman–Crippen LogP) is 0.942. The van der Waals surface area contributed by atoms with Crippen molar-refractivity contribution in [2.45, 2.75) is 13.5 Å². The first-order chi connectivity index (χ1) is 11.3. The van der Waals surface area contributed by atoms with Crippen molar-refractivity contribution in [3.8, 4) is 6.07 Å². The highest BCUT2D eigenvalue weighted by molar-refractivity contribution is 5.53. The van der Waals surface area contributed by atoms with Crippen molar-refractivity contribution in [2.24, 2.45) is 14.1 Å². The van der Waals surface area contributed by atoms with Gasteiger partial charge < -0.3 is 10.2 Å². The molecule has 1 aromatic heterocycles. The van der Waals surface area contributed by atoms with E-state index < -0.39 is 11.2 Å². The molecule has 2 aromatic rings. The van der Waals surface area contributed by atoms with Crippen molar-refractivity contribution < 1.29 is 0 Å². The maximum Gasteiger partial charge on any atom is 0.332 e. The number of hydrogen-bond donors (Lipinski definition) is 1. The van der Waals surface area contributed by atoms with E-state index >= 15 is 0 Å². The van der Waals surface area contributed by atoms with Crippen LogP contribution in [0.15, 0.2) is 27.8 Å². The Labute approximate surface area is 140 Å². The second-order valence-electron chi connectivity index (χ2n) is 5.90. The lowest BCUT2D eigenvalue weighted by molar-refractivity contribution is 0.685. The number of anilines is 2. The highest BCUT2D eigenvalue weighted by Crippen LogP contribution is 2.18. The van der Waals surface area contributed by atoms with E-state index in [4.69, 9.17) is 0 Å². The Hall–Kier alpha value is -3.01. The molecule has 0 spiro atoms. The summed E-state index contributed by atoms with van der Waals surface area (Å²) in [4.78, 5) is 26.1. The molecule has 1 aromatic carbocycles. The van der Waals surface area contributed by atoms with Crippen molar-refractivity contribution in [2.75, 3.05) is 24.3 Å². The molecule has 0 saturated heterocycles. The lowest BCUT2D eigenvalue weighted by atomic mass is 10.1. The smallest absolute Gasteiger partial charge is 0.332 e. The van der Waals surface area contributed by atoms with E-state index in [1.165, 1.54) is 18.7 Å². The van der Waals surface area contributed by atoms with E-state index in [-0.39, 0.29) is 11.4 Å². The Bertz CT molecular complexity index is 932. The standard InChI is InChI=1S/C17H21N5O2/c1-11-8-13(20(2)3)7-6-12(11)10-19-15-14(9-18)16(23)22(5)17(24)21(15)4/h6-8,19H,10H2,1-5H3. The van der Waals surface area contributed by atoms with Crippen LogP contribution in [0.25, 0.3) is 0 Å². The molecule has 0 radical (unpaired) electrons. The molecule has 0 fully saturated rings. The number of benzene rings is 1. The van der Waals surface area contributed by atoms with Crippen LogP contribution in [0.1, 0.15) is 16.7 Å². The Morgan fingerprint density at radius 2 is 1.88 bits per heavy atom. The molecule has 126 valence electrons. The van der Waals surface area contributed by atoms with Crippen LogP contribution in [0.3, 0.4) is 0 Å². The monoisotopic (exact) mass is 327 g/mol. The third-order valence-corrected chi connectivity index (χ3v) is 4.07. The highest BCUT2D eigenvalue weighted by atomic mass is 16.2. The maximum absolute atomic E-state index is 12.1. The van der Waals surface area contributed by atoms with Crippen molar-refractivity contribution in [3.63, 3.8) is 0 Å². The van der Waals surface area contributed by atoms with E-state index in [9.17, 15) is 14.9 Å². The summed E-state index contributed by atoms with van der Waals surface area (Å²) in [6, 6.07) is 7.93. The SMILES string of the molecule is Cc1cc(N(C)C)ccc1CNc1c(C#N)c(=O)n(C)c(=O)n1C. The van der Waals surface area contributed by atoms with Gasteiger partial charge in [0.2, 0.25) is 0 Å². The molecule has 0 unspecified atom stereocenters. The van der Waals surface area contributed by atoms with Gasteiger partial charge in [0.1, 0.15) is 11.9 Å². The number of rotatable bonds is 4. The molecule has 0 aliphatic carbocycles. The fourth-order valence-corrected chi connectivity index (χ4v) is 2.49. The summed E-state index contributed by atoms with van der Waals surface area (Å²) in [7, 11) is 6.84. The maximum atomic E-state index is 12.1.